The van der Waals surface area contributed by atoms with Crippen molar-refractivity contribution < 1.29 is 14.3 Å². The molecule has 1 saturated heterocycles. The highest BCUT2D eigenvalue weighted by Crippen LogP contribution is 2.35. The van der Waals surface area contributed by atoms with Gasteiger partial charge in [-0.3, -0.25) is 4.79 Å². The van der Waals surface area contributed by atoms with Crippen LogP contribution in [0.4, 0.5) is 0 Å². The van der Waals surface area contributed by atoms with E-state index in [4.69, 9.17) is 28.1 Å². The van der Waals surface area contributed by atoms with Crippen molar-refractivity contribution in [2.75, 3.05) is 13.7 Å². The second kappa shape index (κ2) is 6.46. The highest BCUT2D eigenvalue weighted by molar-refractivity contribution is 8.26. The fraction of sp³-hybridized carbons (Fsp3) is 0.143. The lowest BCUT2D eigenvalue weighted by atomic mass is 10.1. The summed E-state index contributed by atoms with van der Waals surface area (Å²) < 4.78 is 11.2. The highest BCUT2D eigenvalue weighted by atomic mass is 32.2. The third-order valence-corrected chi connectivity index (χ3v) is 3.62. The van der Waals surface area contributed by atoms with Gasteiger partial charge in [-0.15, -0.1) is 6.42 Å². The van der Waals surface area contributed by atoms with Crippen molar-refractivity contribution in [2.45, 2.75) is 0 Å². The van der Waals surface area contributed by atoms with Gasteiger partial charge in [-0.05, 0) is 12.1 Å². The molecule has 0 saturated carbocycles. The minimum absolute atomic E-state index is 0.119. The lowest BCUT2D eigenvalue weighted by Gasteiger charge is -2.11. The fourth-order valence-corrected chi connectivity index (χ4v) is 2.67. The van der Waals surface area contributed by atoms with Crippen LogP contribution in [-0.4, -0.2) is 23.9 Å². The quantitative estimate of drug-likeness (QED) is 0.525. The predicted octanol–water partition coefficient (Wildman–Crippen LogP) is 2.20. The maximum absolute atomic E-state index is 11.7. The zero-order valence-corrected chi connectivity index (χ0v) is 12.3. The molecule has 1 fully saturated rings. The fourth-order valence-electron chi connectivity index (χ4n) is 1.64. The Labute approximate surface area is 126 Å². The number of hydrogen-bond donors (Lipinski definition) is 1. The Bertz CT molecular complexity index is 632. The first kappa shape index (κ1) is 14.4. The standard InChI is InChI=1S/C14H11NO3S2/c1-3-7-18-12-9(5-4-6-10(12)17-2)8-11-13(16)15-14(19)20-11/h1,4-6,8H,7H2,2H3,(H,15,16,19). The summed E-state index contributed by atoms with van der Waals surface area (Å²) in [4.78, 5) is 12.2. The molecule has 0 radical (unpaired) electrons. The molecule has 1 heterocycles. The minimum Gasteiger partial charge on any atom is -0.493 e. The van der Waals surface area contributed by atoms with Crippen molar-refractivity contribution >= 4 is 40.3 Å². The van der Waals surface area contributed by atoms with E-state index in [1.165, 1.54) is 11.8 Å². The highest BCUT2D eigenvalue weighted by Gasteiger charge is 2.23. The van der Waals surface area contributed by atoms with Crippen LogP contribution in [0, 0.1) is 12.3 Å². The molecule has 1 aliphatic heterocycles. The lowest BCUT2D eigenvalue weighted by Crippen LogP contribution is -2.17. The van der Waals surface area contributed by atoms with Gasteiger partial charge in [0.15, 0.2) is 11.5 Å². The summed E-state index contributed by atoms with van der Waals surface area (Å²) in [5.74, 6) is 3.25. The number of rotatable bonds is 4. The van der Waals surface area contributed by atoms with E-state index < -0.39 is 0 Å². The normalized spacial score (nSPS) is 15.9. The minimum atomic E-state index is -0.217. The molecule has 1 amide bonds. The predicted molar refractivity (Wildman–Crippen MR) is 83.6 cm³/mol. The Morgan fingerprint density at radius 3 is 2.95 bits per heavy atom. The molecule has 1 N–H and O–H groups in total. The second-order valence-corrected chi connectivity index (χ2v) is 5.44. The van der Waals surface area contributed by atoms with Crippen LogP contribution in [0.5, 0.6) is 11.5 Å². The number of thiocarbonyl (C=S) groups is 1. The molecule has 6 heteroatoms. The van der Waals surface area contributed by atoms with E-state index in [0.29, 0.717) is 26.3 Å². The van der Waals surface area contributed by atoms with E-state index in [1.54, 1.807) is 19.3 Å². The summed E-state index contributed by atoms with van der Waals surface area (Å²) in [6.45, 7) is 0.119. The van der Waals surface area contributed by atoms with Gasteiger partial charge in [-0.1, -0.05) is 42.0 Å². The van der Waals surface area contributed by atoms with Crippen LogP contribution in [0.2, 0.25) is 0 Å². The van der Waals surface area contributed by atoms with E-state index in [-0.39, 0.29) is 12.5 Å². The molecule has 0 atom stereocenters. The van der Waals surface area contributed by atoms with Crippen molar-refractivity contribution in [1.82, 2.24) is 5.32 Å². The van der Waals surface area contributed by atoms with E-state index >= 15 is 0 Å². The van der Waals surface area contributed by atoms with Gasteiger partial charge < -0.3 is 14.8 Å². The molecular formula is C14H11NO3S2. The van der Waals surface area contributed by atoms with E-state index in [0.717, 1.165) is 0 Å². The van der Waals surface area contributed by atoms with Crippen LogP contribution in [0.1, 0.15) is 5.56 Å². The number of ether oxygens (including phenoxy) is 2. The smallest absolute Gasteiger partial charge is 0.263 e. The molecular weight excluding hydrogens is 294 g/mol. The second-order valence-electron chi connectivity index (χ2n) is 3.72. The number of hydrogen-bond acceptors (Lipinski definition) is 5. The van der Waals surface area contributed by atoms with E-state index in [1.807, 2.05) is 12.1 Å². The molecule has 1 aliphatic rings. The zero-order valence-electron chi connectivity index (χ0n) is 10.6. The number of nitrogens with one attached hydrogen (secondary N) is 1. The molecule has 0 aromatic heterocycles. The summed E-state index contributed by atoms with van der Waals surface area (Å²) in [6.07, 6.45) is 6.91. The SMILES string of the molecule is C#CCOc1c(C=C2SC(=S)NC2=O)cccc1OC. The van der Waals surface area contributed by atoms with Gasteiger partial charge in [0.05, 0.1) is 12.0 Å². The largest absolute Gasteiger partial charge is 0.493 e. The first-order chi connectivity index (χ1) is 9.65. The van der Waals surface area contributed by atoms with Gasteiger partial charge in [0.25, 0.3) is 5.91 Å². The molecule has 0 unspecified atom stereocenters. The number of methoxy groups -OCH3 is 1. The van der Waals surface area contributed by atoms with Crippen LogP contribution in [0.3, 0.4) is 0 Å². The molecule has 1 aromatic rings. The van der Waals surface area contributed by atoms with Crippen LogP contribution in [0.15, 0.2) is 23.1 Å². The van der Waals surface area contributed by atoms with Gasteiger partial charge in [0.1, 0.15) is 10.9 Å². The Morgan fingerprint density at radius 2 is 2.35 bits per heavy atom. The van der Waals surface area contributed by atoms with Crippen LogP contribution >= 0.6 is 24.0 Å². The number of thioether (sulfide) groups is 1. The number of carbonyl (C=O) groups excluding carboxylic acids is 1. The van der Waals surface area contributed by atoms with Gasteiger partial charge >= 0.3 is 0 Å². The number of benzene rings is 1. The van der Waals surface area contributed by atoms with Gasteiger partial charge in [0.2, 0.25) is 0 Å². The Kier molecular flexibility index (Phi) is 4.66. The number of amides is 1. The molecule has 1 aromatic carbocycles. The number of carbonyl (C=O) groups is 1. The number of para-hydroxylation sites is 1. The number of terminal acetylenes is 1. The van der Waals surface area contributed by atoms with Crippen molar-refractivity contribution in [3.05, 3.63) is 28.7 Å². The maximum Gasteiger partial charge on any atom is 0.263 e. The van der Waals surface area contributed by atoms with Gasteiger partial charge in [0, 0.05) is 5.56 Å². The average Bonchev–Trinajstić information content (AvgIpc) is 2.75. The Morgan fingerprint density at radius 1 is 1.55 bits per heavy atom. The third kappa shape index (κ3) is 3.13. The zero-order chi connectivity index (χ0) is 14.5. The summed E-state index contributed by atoms with van der Waals surface area (Å²) in [5, 5.41) is 2.56. The van der Waals surface area contributed by atoms with Crippen LogP contribution < -0.4 is 14.8 Å². The lowest BCUT2D eigenvalue weighted by molar-refractivity contribution is -0.115. The average molecular weight is 305 g/mol. The van der Waals surface area contributed by atoms with Crippen molar-refractivity contribution in [2.24, 2.45) is 0 Å². The molecule has 4 nitrogen and oxygen atoms in total. The van der Waals surface area contributed by atoms with Gasteiger partial charge in [-0.2, -0.15) is 0 Å². The summed E-state index contributed by atoms with van der Waals surface area (Å²) in [7, 11) is 1.54. The van der Waals surface area contributed by atoms with Crippen molar-refractivity contribution in [3.8, 4) is 23.8 Å². The maximum atomic E-state index is 11.7. The summed E-state index contributed by atoms with van der Waals surface area (Å²) >= 11 is 6.16. The van der Waals surface area contributed by atoms with Crippen molar-refractivity contribution in [3.63, 3.8) is 0 Å². The molecule has 0 aliphatic carbocycles. The third-order valence-electron chi connectivity index (χ3n) is 2.46. The van der Waals surface area contributed by atoms with Gasteiger partial charge in [-0.25, -0.2) is 0 Å². The summed E-state index contributed by atoms with van der Waals surface area (Å²) in [6, 6.07) is 5.39. The van der Waals surface area contributed by atoms with Crippen molar-refractivity contribution in [1.29, 1.82) is 0 Å². The molecule has 102 valence electrons. The van der Waals surface area contributed by atoms with E-state index in [9.17, 15) is 4.79 Å². The van der Waals surface area contributed by atoms with Crippen LogP contribution in [0.25, 0.3) is 6.08 Å². The molecule has 2 rings (SSSR count). The molecule has 20 heavy (non-hydrogen) atoms. The Balaban J connectivity index is 2.41. The molecule has 0 bridgehead atoms. The molecule has 0 spiro atoms. The van der Waals surface area contributed by atoms with E-state index in [2.05, 4.69) is 11.2 Å². The first-order valence-corrected chi connectivity index (χ1v) is 6.86. The Hall–Kier alpha value is -1.97. The van der Waals surface area contributed by atoms with Crippen LogP contribution in [-0.2, 0) is 4.79 Å². The monoisotopic (exact) mass is 305 g/mol. The topological polar surface area (TPSA) is 47.6 Å². The first-order valence-electron chi connectivity index (χ1n) is 5.64. The summed E-state index contributed by atoms with van der Waals surface area (Å²) in [5.41, 5.74) is 0.710.